The minimum absolute atomic E-state index is 0.139. The molecule has 0 fully saturated rings. The molecular formula is C10H11N5O2. The minimum Gasteiger partial charge on any atom is -0.432 e. The fourth-order valence-corrected chi connectivity index (χ4v) is 1.22. The molecule has 2 rings (SSSR count). The van der Waals surface area contributed by atoms with E-state index in [9.17, 15) is 4.79 Å². The number of amides is 1. The summed E-state index contributed by atoms with van der Waals surface area (Å²) in [5.74, 6) is 4.82. The number of hydrogen-bond donors (Lipinski definition) is 3. The second kappa shape index (κ2) is 4.62. The van der Waals surface area contributed by atoms with Crippen LogP contribution in [-0.4, -0.2) is 15.9 Å². The first-order valence-electron chi connectivity index (χ1n) is 4.85. The number of hydrazine groups is 1. The van der Waals surface area contributed by atoms with Crippen LogP contribution in [0.2, 0.25) is 0 Å². The number of aryl methyl sites for hydroxylation is 1. The number of carbonyl (C=O) groups excluding carboxylic acids is 1. The zero-order chi connectivity index (χ0) is 12.3. The summed E-state index contributed by atoms with van der Waals surface area (Å²) in [7, 11) is 0. The normalized spacial score (nSPS) is 10.0. The summed E-state index contributed by atoms with van der Waals surface area (Å²) in [6, 6.07) is 3.30. The Labute approximate surface area is 97.0 Å². The van der Waals surface area contributed by atoms with Crippen molar-refractivity contribution in [2.75, 3.05) is 10.7 Å². The zero-order valence-electron chi connectivity index (χ0n) is 9.10. The lowest BCUT2D eigenvalue weighted by Gasteiger charge is -2.02. The smallest absolute Gasteiger partial charge is 0.301 e. The van der Waals surface area contributed by atoms with Gasteiger partial charge in [0.2, 0.25) is 0 Å². The Morgan fingerprint density at radius 3 is 3.00 bits per heavy atom. The molecule has 0 saturated carbocycles. The SMILES string of the molecule is Cc1coc(NC(=O)c2cc(NN)ccn2)n1. The fourth-order valence-electron chi connectivity index (χ4n) is 1.22. The highest BCUT2D eigenvalue weighted by molar-refractivity contribution is 6.02. The third-order valence-corrected chi connectivity index (χ3v) is 2.00. The molecule has 0 atom stereocenters. The van der Waals surface area contributed by atoms with Gasteiger partial charge in [0.1, 0.15) is 12.0 Å². The molecule has 0 aliphatic rings. The number of nitrogens with zero attached hydrogens (tertiary/aromatic N) is 2. The predicted molar refractivity (Wildman–Crippen MR) is 61.2 cm³/mol. The summed E-state index contributed by atoms with van der Waals surface area (Å²) >= 11 is 0. The second-order valence-corrected chi connectivity index (χ2v) is 3.32. The van der Waals surface area contributed by atoms with Gasteiger partial charge in [0.25, 0.3) is 5.91 Å². The molecule has 0 bridgehead atoms. The van der Waals surface area contributed by atoms with Crippen molar-refractivity contribution in [3.63, 3.8) is 0 Å². The first kappa shape index (κ1) is 11.1. The summed E-state index contributed by atoms with van der Waals surface area (Å²) in [6.45, 7) is 1.76. The van der Waals surface area contributed by atoms with E-state index in [1.807, 2.05) is 0 Å². The third kappa shape index (κ3) is 2.58. The standard InChI is InChI=1S/C10H11N5O2/c1-6-5-17-10(13-6)14-9(16)8-4-7(15-11)2-3-12-8/h2-5H,11H2,1H3,(H,12,15)(H,13,14,16). The van der Waals surface area contributed by atoms with Gasteiger partial charge in [-0.15, -0.1) is 0 Å². The van der Waals surface area contributed by atoms with Crippen LogP contribution in [0.4, 0.5) is 11.7 Å². The van der Waals surface area contributed by atoms with Gasteiger partial charge in [-0.25, -0.2) is 0 Å². The van der Waals surface area contributed by atoms with Crippen molar-refractivity contribution in [2.45, 2.75) is 6.92 Å². The molecule has 2 heterocycles. The van der Waals surface area contributed by atoms with Crippen molar-refractivity contribution in [3.05, 3.63) is 36.0 Å². The topological polar surface area (TPSA) is 106 Å². The van der Waals surface area contributed by atoms with Gasteiger partial charge in [-0.3, -0.25) is 20.9 Å². The number of hydrogen-bond acceptors (Lipinski definition) is 6. The molecule has 0 aromatic carbocycles. The summed E-state index contributed by atoms with van der Waals surface area (Å²) in [5, 5.41) is 2.48. The van der Waals surface area contributed by atoms with Crippen molar-refractivity contribution >= 4 is 17.6 Å². The van der Waals surface area contributed by atoms with E-state index in [2.05, 4.69) is 20.7 Å². The van der Waals surface area contributed by atoms with Crippen LogP contribution in [0.25, 0.3) is 0 Å². The Kier molecular flexibility index (Phi) is 3.01. The first-order valence-corrected chi connectivity index (χ1v) is 4.85. The van der Waals surface area contributed by atoms with Crippen LogP contribution in [0, 0.1) is 6.92 Å². The van der Waals surface area contributed by atoms with Gasteiger partial charge in [0.15, 0.2) is 0 Å². The number of oxazole rings is 1. The largest absolute Gasteiger partial charge is 0.432 e. The number of rotatable bonds is 3. The number of carbonyl (C=O) groups is 1. The molecule has 4 N–H and O–H groups in total. The molecule has 88 valence electrons. The lowest BCUT2D eigenvalue weighted by atomic mass is 10.3. The number of nitrogens with two attached hydrogens (primary N) is 1. The van der Waals surface area contributed by atoms with E-state index in [1.165, 1.54) is 18.5 Å². The second-order valence-electron chi connectivity index (χ2n) is 3.32. The monoisotopic (exact) mass is 233 g/mol. The van der Waals surface area contributed by atoms with Crippen LogP contribution in [0.15, 0.2) is 29.0 Å². The minimum atomic E-state index is -0.413. The fraction of sp³-hybridized carbons (Fsp3) is 0.100. The van der Waals surface area contributed by atoms with Crippen LogP contribution in [0.5, 0.6) is 0 Å². The molecule has 1 amide bonds. The van der Waals surface area contributed by atoms with E-state index in [-0.39, 0.29) is 11.7 Å². The Morgan fingerprint density at radius 1 is 1.53 bits per heavy atom. The maximum absolute atomic E-state index is 11.7. The summed E-state index contributed by atoms with van der Waals surface area (Å²) in [5.41, 5.74) is 3.93. The Bertz CT molecular complexity index is 537. The lowest BCUT2D eigenvalue weighted by molar-refractivity contribution is 0.101. The molecule has 0 unspecified atom stereocenters. The molecule has 0 spiro atoms. The summed E-state index contributed by atoms with van der Waals surface area (Å²) in [4.78, 5) is 19.6. The van der Waals surface area contributed by atoms with Crippen LogP contribution in [-0.2, 0) is 0 Å². The highest BCUT2D eigenvalue weighted by atomic mass is 16.4. The molecule has 0 saturated heterocycles. The zero-order valence-corrected chi connectivity index (χ0v) is 9.10. The number of nitrogen functional groups attached to an aromatic ring is 1. The highest BCUT2D eigenvalue weighted by Gasteiger charge is 2.11. The average Bonchev–Trinajstić information content (AvgIpc) is 2.75. The molecule has 0 radical (unpaired) electrons. The van der Waals surface area contributed by atoms with Gasteiger partial charge in [-0.1, -0.05) is 0 Å². The molecule has 17 heavy (non-hydrogen) atoms. The van der Waals surface area contributed by atoms with Gasteiger partial charge in [0.05, 0.1) is 11.4 Å². The number of pyridine rings is 1. The third-order valence-electron chi connectivity index (χ3n) is 2.00. The van der Waals surface area contributed by atoms with Crippen LogP contribution < -0.4 is 16.6 Å². The molecule has 0 aliphatic carbocycles. The van der Waals surface area contributed by atoms with Gasteiger partial charge in [0, 0.05) is 6.20 Å². The molecular weight excluding hydrogens is 222 g/mol. The summed E-state index contributed by atoms with van der Waals surface area (Å²) < 4.78 is 5.00. The van der Waals surface area contributed by atoms with Gasteiger partial charge in [-0.05, 0) is 19.1 Å². The molecule has 7 heteroatoms. The van der Waals surface area contributed by atoms with Crippen LogP contribution in [0.3, 0.4) is 0 Å². The van der Waals surface area contributed by atoms with Gasteiger partial charge in [-0.2, -0.15) is 4.98 Å². The number of nitrogens with one attached hydrogen (secondary N) is 2. The molecule has 2 aromatic rings. The molecule has 0 aliphatic heterocycles. The Morgan fingerprint density at radius 2 is 2.35 bits per heavy atom. The van der Waals surface area contributed by atoms with Crippen LogP contribution >= 0.6 is 0 Å². The Balaban J connectivity index is 2.14. The van der Waals surface area contributed by atoms with Crippen molar-refractivity contribution in [1.82, 2.24) is 9.97 Å². The van der Waals surface area contributed by atoms with E-state index >= 15 is 0 Å². The van der Waals surface area contributed by atoms with E-state index < -0.39 is 5.91 Å². The molecule has 7 nitrogen and oxygen atoms in total. The van der Waals surface area contributed by atoms with Gasteiger partial charge < -0.3 is 9.84 Å². The van der Waals surface area contributed by atoms with E-state index in [1.54, 1.807) is 13.0 Å². The maximum atomic E-state index is 11.7. The number of aromatic nitrogens is 2. The van der Waals surface area contributed by atoms with Crippen molar-refractivity contribution in [2.24, 2.45) is 5.84 Å². The quantitative estimate of drug-likeness (QED) is 0.537. The van der Waals surface area contributed by atoms with Crippen LogP contribution in [0.1, 0.15) is 16.2 Å². The van der Waals surface area contributed by atoms with E-state index in [0.717, 1.165) is 0 Å². The average molecular weight is 233 g/mol. The van der Waals surface area contributed by atoms with Gasteiger partial charge >= 0.3 is 6.01 Å². The van der Waals surface area contributed by atoms with E-state index in [4.69, 9.17) is 10.3 Å². The predicted octanol–water partition coefficient (Wildman–Crippen LogP) is 0.916. The number of anilines is 2. The summed E-state index contributed by atoms with van der Waals surface area (Å²) in [6.07, 6.45) is 2.92. The van der Waals surface area contributed by atoms with Crippen molar-refractivity contribution < 1.29 is 9.21 Å². The first-order chi connectivity index (χ1) is 8.19. The lowest BCUT2D eigenvalue weighted by Crippen LogP contribution is -2.15. The maximum Gasteiger partial charge on any atom is 0.301 e. The molecule has 2 aromatic heterocycles. The highest BCUT2D eigenvalue weighted by Crippen LogP contribution is 2.10. The Hall–Kier alpha value is -2.41. The van der Waals surface area contributed by atoms with E-state index in [0.29, 0.717) is 11.4 Å². The van der Waals surface area contributed by atoms with Crippen molar-refractivity contribution in [3.8, 4) is 0 Å². The van der Waals surface area contributed by atoms with Crippen molar-refractivity contribution in [1.29, 1.82) is 0 Å².